The average Bonchev–Trinajstić information content (AvgIpc) is 3.12. The molecular weight excluding hydrogens is 314 g/mol. The van der Waals surface area contributed by atoms with Crippen molar-refractivity contribution < 1.29 is 9.53 Å². The van der Waals surface area contributed by atoms with Crippen LogP contribution in [0.1, 0.15) is 21.5 Å². The Kier molecular flexibility index (Phi) is 4.40. The molecule has 1 fully saturated rings. The van der Waals surface area contributed by atoms with Crippen LogP contribution in [-0.4, -0.2) is 60.0 Å². The van der Waals surface area contributed by atoms with Gasteiger partial charge in [0, 0.05) is 38.4 Å². The maximum Gasteiger partial charge on any atom is 0.259 e. The van der Waals surface area contributed by atoms with Gasteiger partial charge in [0.1, 0.15) is 5.56 Å². The van der Waals surface area contributed by atoms with Crippen molar-refractivity contribution in [3.05, 3.63) is 59.3 Å². The van der Waals surface area contributed by atoms with Crippen LogP contribution >= 0.6 is 0 Å². The molecule has 2 aliphatic rings. The lowest BCUT2D eigenvalue weighted by Crippen LogP contribution is -2.52. The lowest BCUT2D eigenvalue weighted by molar-refractivity contribution is 0.0572. The van der Waals surface area contributed by atoms with Gasteiger partial charge < -0.3 is 9.64 Å². The molecule has 1 aromatic heterocycles. The number of carbonyl (C=O) groups is 1. The molecule has 0 saturated carbocycles. The van der Waals surface area contributed by atoms with E-state index in [1.807, 2.05) is 4.90 Å². The molecule has 0 bridgehead atoms. The zero-order valence-corrected chi connectivity index (χ0v) is 14.5. The second kappa shape index (κ2) is 6.84. The lowest BCUT2D eigenvalue weighted by Gasteiger charge is -2.38. The molecule has 0 unspecified atom stereocenters. The van der Waals surface area contributed by atoms with Crippen LogP contribution in [0.4, 0.5) is 0 Å². The summed E-state index contributed by atoms with van der Waals surface area (Å²) in [7, 11) is 1.55. The van der Waals surface area contributed by atoms with E-state index in [1.165, 1.54) is 11.1 Å². The second-order valence-electron chi connectivity index (χ2n) is 6.72. The fourth-order valence-corrected chi connectivity index (χ4v) is 3.97. The third kappa shape index (κ3) is 3.12. The highest BCUT2D eigenvalue weighted by molar-refractivity contribution is 5.96. The fourth-order valence-electron chi connectivity index (χ4n) is 3.97. The van der Waals surface area contributed by atoms with Gasteiger partial charge in [-0.2, -0.15) is 0 Å². The van der Waals surface area contributed by atoms with Gasteiger partial charge in [-0.15, -0.1) is 0 Å². The summed E-state index contributed by atoms with van der Waals surface area (Å²) in [5.74, 6) is 0.417. The van der Waals surface area contributed by atoms with Crippen LogP contribution in [0.15, 0.2) is 42.6 Å². The fraction of sp³-hybridized carbons (Fsp3) is 0.400. The molecule has 25 heavy (non-hydrogen) atoms. The highest BCUT2D eigenvalue weighted by Gasteiger charge is 2.31. The van der Waals surface area contributed by atoms with Gasteiger partial charge in [-0.3, -0.25) is 9.69 Å². The van der Waals surface area contributed by atoms with E-state index in [0.29, 0.717) is 17.5 Å². The summed E-state index contributed by atoms with van der Waals surface area (Å²) < 4.78 is 5.23. The number of pyridine rings is 1. The van der Waals surface area contributed by atoms with Crippen molar-refractivity contribution in [3.8, 4) is 5.88 Å². The van der Waals surface area contributed by atoms with Crippen LogP contribution in [0.5, 0.6) is 5.88 Å². The van der Waals surface area contributed by atoms with Crippen LogP contribution in [0, 0.1) is 0 Å². The monoisotopic (exact) mass is 337 g/mol. The third-order valence-electron chi connectivity index (χ3n) is 5.34. The lowest BCUT2D eigenvalue weighted by atomic mass is 10.1. The number of amides is 1. The van der Waals surface area contributed by atoms with E-state index in [9.17, 15) is 4.79 Å². The molecule has 2 aromatic rings. The van der Waals surface area contributed by atoms with Crippen LogP contribution in [0.3, 0.4) is 0 Å². The van der Waals surface area contributed by atoms with Gasteiger partial charge >= 0.3 is 0 Å². The Morgan fingerprint density at radius 2 is 1.72 bits per heavy atom. The van der Waals surface area contributed by atoms with E-state index in [-0.39, 0.29) is 5.91 Å². The molecular formula is C20H23N3O2. The first-order valence-corrected chi connectivity index (χ1v) is 8.85. The zero-order chi connectivity index (χ0) is 17.2. The SMILES string of the molecule is COc1ncccc1C(=O)N1CCN(C2Cc3ccccc3C2)CC1. The number of rotatable bonds is 3. The van der Waals surface area contributed by atoms with Crippen LogP contribution in [-0.2, 0) is 12.8 Å². The number of methoxy groups -OCH3 is 1. The second-order valence-corrected chi connectivity index (χ2v) is 6.72. The van der Waals surface area contributed by atoms with E-state index in [2.05, 4.69) is 34.1 Å². The van der Waals surface area contributed by atoms with E-state index in [1.54, 1.807) is 25.4 Å². The van der Waals surface area contributed by atoms with Crippen molar-refractivity contribution in [3.63, 3.8) is 0 Å². The predicted molar refractivity (Wildman–Crippen MR) is 95.9 cm³/mol. The molecule has 1 amide bonds. The van der Waals surface area contributed by atoms with Gasteiger partial charge in [-0.25, -0.2) is 4.98 Å². The van der Waals surface area contributed by atoms with E-state index < -0.39 is 0 Å². The number of piperazine rings is 1. The molecule has 1 aliphatic carbocycles. The molecule has 4 rings (SSSR count). The summed E-state index contributed by atoms with van der Waals surface area (Å²) in [5.41, 5.74) is 3.50. The van der Waals surface area contributed by atoms with Crippen molar-refractivity contribution in [2.24, 2.45) is 0 Å². The summed E-state index contributed by atoms with van der Waals surface area (Å²) in [6.45, 7) is 3.35. The molecule has 5 heteroatoms. The molecule has 130 valence electrons. The summed E-state index contributed by atoms with van der Waals surface area (Å²) in [6, 6.07) is 12.9. The van der Waals surface area contributed by atoms with Gasteiger partial charge in [0.25, 0.3) is 5.91 Å². The Morgan fingerprint density at radius 3 is 2.36 bits per heavy atom. The summed E-state index contributed by atoms with van der Waals surface area (Å²) in [4.78, 5) is 21.4. The predicted octanol–water partition coefficient (Wildman–Crippen LogP) is 2.02. The normalized spacial score (nSPS) is 18.2. The average molecular weight is 337 g/mol. The number of ether oxygens (including phenoxy) is 1. The van der Waals surface area contributed by atoms with Crippen LogP contribution in [0.2, 0.25) is 0 Å². The van der Waals surface area contributed by atoms with Crippen molar-refractivity contribution in [1.82, 2.24) is 14.8 Å². The smallest absolute Gasteiger partial charge is 0.259 e. The minimum atomic E-state index is 0.0132. The van der Waals surface area contributed by atoms with Crippen molar-refractivity contribution >= 4 is 5.91 Å². The topological polar surface area (TPSA) is 45.7 Å². The zero-order valence-electron chi connectivity index (χ0n) is 14.5. The Balaban J connectivity index is 1.38. The van der Waals surface area contributed by atoms with Crippen LogP contribution in [0.25, 0.3) is 0 Å². The molecule has 1 aliphatic heterocycles. The maximum atomic E-state index is 12.8. The summed E-state index contributed by atoms with van der Waals surface area (Å²) >= 11 is 0. The van der Waals surface area contributed by atoms with E-state index in [4.69, 9.17) is 4.74 Å². The van der Waals surface area contributed by atoms with Crippen molar-refractivity contribution in [1.29, 1.82) is 0 Å². The molecule has 1 saturated heterocycles. The number of nitrogens with zero attached hydrogens (tertiary/aromatic N) is 3. The minimum absolute atomic E-state index is 0.0132. The Morgan fingerprint density at radius 1 is 1.04 bits per heavy atom. The highest BCUT2D eigenvalue weighted by atomic mass is 16.5. The highest BCUT2D eigenvalue weighted by Crippen LogP contribution is 2.26. The number of aromatic nitrogens is 1. The van der Waals surface area contributed by atoms with E-state index >= 15 is 0 Å². The largest absolute Gasteiger partial charge is 0.480 e. The summed E-state index contributed by atoms with van der Waals surface area (Å²) in [5, 5.41) is 0. The quantitative estimate of drug-likeness (QED) is 0.860. The molecule has 0 N–H and O–H groups in total. The van der Waals surface area contributed by atoms with E-state index in [0.717, 1.165) is 39.0 Å². The molecule has 5 nitrogen and oxygen atoms in total. The standard InChI is InChI=1S/C20H23N3O2/c1-25-19-18(7-4-8-21-19)20(24)23-11-9-22(10-12-23)17-13-15-5-2-3-6-16(15)14-17/h2-8,17H,9-14H2,1H3. The molecule has 2 heterocycles. The van der Waals surface area contributed by atoms with Crippen LogP contribution < -0.4 is 4.74 Å². The van der Waals surface area contributed by atoms with Crippen molar-refractivity contribution in [2.75, 3.05) is 33.3 Å². The molecule has 0 radical (unpaired) electrons. The Labute approximate surface area is 148 Å². The van der Waals surface area contributed by atoms with Gasteiger partial charge in [-0.1, -0.05) is 24.3 Å². The number of benzene rings is 1. The number of hydrogen-bond acceptors (Lipinski definition) is 4. The van der Waals surface area contributed by atoms with Gasteiger partial charge in [0.05, 0.1) is 7.11 Å². The number of fused-ring (bicyclic) bond motifs is 1. The first-order chi connectivity index (χ1) is 12.3. The number of hydrogen-bond donors (Lipinski definition) is 0. The molecule has 0 spiro atoms. The molecule has 1 aromatic carbocycles. The minimum Gasteiger partial charge on any atom is -0.480 e. The Bertz CT molecular complexity index is 744. The van der Waals surface area contributed by atoms with Gasteiger partial charge in [0.2, 0.25) is 5.88 Å². The van der Waals surface area contributed by atoms with Gasteiger partial charge in [0.15, 0.2) is 0 Å². The first kappa shape index (κ1) is 16.1. The first-order valence-electron chi connectivity index (χ1n) is 8.85. The maximum absolute atomic E-state index is 12.8. The summed E-state index contributed by atoms with van der Waals surface area (Å²) in [6.07, 6.45) is 3.90. The molecule has 0 atom stereocenters. The van der Waals surface area contributed by atoms with Crippen molar-refractivity contribution in [2.45, 2.75) is 18.9 Å². The van der Waals surface area contributed by atoms with Gasteiger partial charge in [-0.05, 0) is 36.1 Å². The number of carbonyl (C=O) groups excluding carboxylic acids is 1. The Hall–Kier alpha value is -2.40. The third-order valence-corrected chi connectivity index (χ3v) is 5.34.